The van der Waals surface area contributed by atoms with E-state index in [1.807, 2.05) is 0 Å². The van der Waals surface area contributed by atoms with Crippen molar-refractivity contribution in [2.24, 2.45) is 0 Å². The number of carboxylic acids is 1. The second-order valence-electron chi connectivity index (χ2n) is 2.80. The van der Waals surface area contributed by atoms with Crippen LogP contribution in [0, 0.1) is 0 Å². The van der Waals surface area contributed by atoms with Crippen molar-refractivity contribution in [3.05, 3.63) is 17.5 Å². The number of aromatic nitrogens is 1. The van der Waals surface area contributed by atoms with Crippen LogP contribution in [0.15, 0.2) is 6.07 Å². The second kappa shape index (κ2) is 4.07. The molecule has 82 valence electrons. The summed E-state index contributed by atoms with van der Waals surface area (Å²) < 4.78 is 24.5. The van der Waals surface area contributed by atoms with Gasteiger partial charge >= 0.3 is 5.97 Å². The average Bonchev–Trinajstić information content (AvgIpc) is 2.08. The summed E-state index contributed by atoms with van der Waals surface area (Å²) in [6, 6.07) is 0.868. The number of aromatic hydroxyl groups is 1. The molecule has 0 saturated heterocycles. The highest BCUT2D eigenvalue weighted by Gasteiger charge is 2.18. The lowest BCUT2D eigenvalue weighted by Crippen LogP contribution is -2.08. The number of nitrogens with two attached hydrogens (primary N) is 1. The van der Waals surface area contributed by atoms with Crippen LogP contribution in [0.4, 0.5) is 14.5 Å². The van der Waals surface area contributed by atoms with Crippen LogP contribution in [0.1, 0.15) is 17.8 Å². The molecule has 1 aromatic rings. The van der Waals surface area contributed by atoms with E-state index in [-0.39, 0.29) is 11.4 Å². The standard InChI is InChI=1S/C8H8F2N2O3/c9-8(10)7-5(13)1-3(11)4(12-7)2-6(14)15/h1,8,13H,2,11H2,(H,14,15). The number of nitrogen functional groups attached to an aromatic ring is 1. The average molecular weight is 218 g/mol. The highest BCUT2D eigenvalue weighted by Crippen LogP contribution is 2.29. The summed E-state index contributed by atoms with van der Waals surface area (Å²) in [7, 11) is 0. The molecule has 0 fully saturated rings. The van der Waals surface area contributed by atoms with Gasteiger partial charge in [-0.25, -0.2) is 13.8 Å². The minimum atomic E-state index is -2.97. The Hall–Kier alpha value is -1.92. The largest absolute Gasteiger partial charge is 0.506 e. The summed E-state index contributed by atoms with van der Waals surface area (Å²) in [4.78, 5) is 13.6. The number of carboxylic acid groups (broad SMARTS) is 1. The van der Waals surface area contributed by atoms with Gasteiger partial charge in [-0.3, -0.25) is 4.79 Å². The molecule has 0 aliphatic heterocycles. The van der Waals surface area contributed by atoms with Crippen LogP contribution in [0.3, 0.4) is 0 Å². The van der Waals surface area contributed by atoms with Crippen molar-refractivity contribution in [3.8, 4) is 5.75 Å². The smallest absolute Gasteiger partial charge is 0.309 e. The molecule has 1 heterocycles. The third-order valence-corrected chi connectivity index (χ3v) is 1.67. The molecule has 0 spiro atoms. The van der Waals surface area contributed by atoms with Crippen molar-refractivity contribution >= 4 is 11.7 Å². The summed E-state index contributed by atoms with van der Waals surface area (Å²) in [5.41, 5.74) is 4.14. The topological polar surface area (TPSA) is 96.4 Å². The molecule has 0 bridgehead atoms. The van der Waals surface area contributed by atoms with E-state index in [2.05, 4.69) is 4.98 Å². The molecule has 0 aliphatic rings. The number of pyridine rings is 1. The SMILES string of the molecule is Nc1cc(O)c(C(F)F)nc1CC(=O)O. The molecule has 0 aromatic carbocycles. The number of halogens is 2. The van der Waals surface area contributed by atoms with Gasteiger partial charge < -0.3 is 15.9 Å². The van der Waals surface area contributed by atoms with Crippen molar-refractivity contribution in [1.82, 2.24) is 4.98 Å². The minimum Gasteiger partial charge on any atom is -0.506 e. The maximum absolute atomic E-state index is 12.3. The molecular weight excluding hydrogens is 210 g/mol. The molecule has 4 N–H and O–H groups in total. The highest BCUT2D eigenvalue weighted by molar-refractivity contribution is 5.72. The summed E-state index contributed by atoms with van der Waals surface area (Å²) in [5.74, 6) is -1.98. The van der Waals surface area contributed by atoms with E-state index < -0.39 is 30.3 Å². The van der Waals surface area contributed by atoms with Crippen LogP contribution < -0.4 is 5.73 Å². The Labute approximate surface area is 83.2 Å². The number of alkyl halides is 2. The number of nitrogens with zero attached hydrogens (tertiary/aromatic N) is 1. The fourth-order valence-corrected chi connectivity index (χ4v) is 1.02. The van der Waals surface area contributed by atoms with E-state index in [1.165, 1.54) is 0 Å². The predicted molar refractivity (Wildman–Crippen MR) is 46.6 cm³/mol. The Bertz CT molecular complexity index is 396. The monoisotopic (exact) mass is 218 g/mol. The third kappa shape index (κ3) is 2.52. The first-order chi connectivity index (χ1) is 6.91. The van der Waals surface area contributed by atoms with E-state index in [1.54, 1.807) is 0 Å². The molecule has 0 atom stereocenters. The Kier molecular flexibility index (Phi) is 3.03. The summed E-state index contributed by atoms with van der Waals surface area (Å²) >= 11 is 0. The Balaban J connectivity index is 3.17. The molecule has 0 amide bonds. The zero-order chi connectivity index (χ0) is 11.6. The maximum Gasteiger partial charge on any atom is 0.309 e. The van der Waals surface area contributed by atoms with Crippen LogP contribution in [0.25, 0.3) is 0 Å². The Morgan fingerprint density at radius 2 is 2.20 bits per heavy atom. The predicted octanol–water partition coefficient (Wildman–Crippen LogP) is 0.934. The lowest BCUT2D eigenvalue weighted by Gasteiger charge is -2.07. The summed E-state index contributed by atoms with van der Waals surface area (Å²) in [6.45, 7) is 0. The van der Waals surface area contributed by atoms with Gasteiger partial charge in [-0.1, -0.05) is 0 Å². The lowest BCUT2D eigenvalue weighted by molar-refractivity contribution is -0.136. The van der Waals surface area contributed by atoms with E-state index in [0.717, 1.165) is 6.07 Å². The first-order valence-corrected chi connectivity index (χ1v) is 3.90. The third-order valence-electron chi connectivity index (χ3n) is 1.67. The van der Waals surface area contributed by atoms with E-state index in [4.69, 9.17) is 15.9 Å². The summed E-state index contributed by atoms with van der Waals surface area (Å²) in [5, 5.41) is 17.5. The van der Waals surface area contributed by atoms with Gasteiger partial charge in [-0.15, -0.1) is 0 Å². The zero-order valence-electron chi connectivity index (χ0n) is 7.44. The van der Waals surface area contributed by atoms with Gasteiger partial charge in [-0.2, -0.15) is 0 Å². The minimum absolute atomic E-state index is 0.126. The molecule has 15 heavy (non-hydrogen) atoms. The lowest BCUT2D eigenvalue weighted by atomic mass is 10.2. The number of rotatable bonds is 3. The molecule has 1 aromatic heterocycles. The zero-order valence-corrected chi connectivity index (χ0v) is 7.44. The fourth-order valence-electron chi connectivity index (χ4n) is 1.02. The fraction of sp³-hybridized carbons (Fsp3) is 0.250. The highest BCUT2D eigenvalue weighted by atomic mass is 19.3. The second-order valence-corrected chi connectivity index (χ2v) is 2.80. The molecule has 5 nitrogen and oxygen atoms in total. The first-order valence-electron chi connectivity index (χ1n) is 3.90. The molecule has 7 heteroatoms. The van der Waals surface area contributed by atoms with Crippen LogP contribution in [-0.4, -0.2) is 21.2 Å². The Morgan fingerprint density at radius 1 is 1.60 bits per heavy atom. The Morgan fingerprint density at radius 3 is 2.67 bits per heavy atom. The van der Waals surface area contributed by atoms with Crippen molar-refractivity contribution in [2.45, 2.75) is 12.8 Å². The number of hydrogen-bond acceptors (Lipinski definition) is 4. The van der Waals surface area contributed by atoms with Gasteiger partial charge in [0.1, 0.15) is 11.4 Å². The van der Waals surface area contributed by atoms with Gasteiger partial charge in [0.15, 0.2) is 0 Å². The first kappa shape index (κ1) is 11.2. The van der Waals surface area contributed by atoms with Crippen LogP contribution >= 0.6 is 0 Å². The molecular formula is C8H8F2N2O3. The van der Waals surface area contributed by atoms with E-state index in [0.29, 0.717) is 0 Å². The summed E-state index contributed by atoms with van der Waals surface area (Å²) in [6.07, 6.45) is -3.54. The van der Waals surface area contributed by atoms with Gasteiger partial charge in [-0.05, 0) is 0 Å². The van der Waals surface area contributed by atoms with Crippen LogP contribution in [0.5, 0.6) is 5.75 Å². The van der Waals surface area contributed by atoms with E-state index >= 15 is 0 Å². The van der Waals surface area contributed by atoms with Gasteiger partial charge in [0.2, 0.25) is 0 Å². The number of aliphatic carboxylic acids is 1. The van der Waals surface area contributed by atoms with Gasteiger partial charge in [0.25, 0.3) is 6.43 Å². The number of anilines is 1. The van der Waals surface area contributed by atoms with Crippen molar-refractivity contribution in [1.29, 1.82) is 0 Å². The van der Waals surface area contributed by atoms with Crippen molar-refractivity contribution in [2.75, 3.05) is 5.73 Å². The molecule has 0 saturated carbocycles. The van der Waals surface area contributed by atoms with Gasteiger partial charge in [0, 0.05) is 6.07 Å². The molecule has 0 radical (unpaired) electrons. The molecule has 1 rings (SSSR count). The van der Waals surface area contributed by atoms with Crippen LogP contribution in [0.2, 0.25) is 0 Å². The number of carbonyl (C=O) groups is 1. The maximum atomic E-state index is 12.3. The normalized spacial score (nSPS) is 10.6. The van der Waals surface area contributed by atoms with Crippen molar-refractivity contribution in [3.63, 3.8) is 0 Å². The molecule has 0 unspecified atom stereocenters. The van der Waals surface area contributed by atoms with Crippen molar-refractivity contribution < 1.29 is 23.8 Å². The quantitative estimate of drug-likeness (QED) is 0.701. The van der Waals surface area contributed by atoms with E-state index in [9.17, 15) is 13.6 Å². The van der Waals surface area contributed by atoms with Crippen LogP contribution in [-0.2, 0) is 11.2 Å². The van der Waals surface area contributed by atoms with Gasteiger partial charge in [0.05, 0.1) is 17.8 Å². The molecule has 0 aliphatic carbocycles. The number of hydrogen-bond donors (Lipinski definition) is 3.